The maximum atomic E-state index is 2.43. The fourth-order valence-electron chi connectivity index (χ4n) is 2.21. The summed E-state index contributed by atoms with van der Waals surface area (Å²) >= 11 is 0. The molecule has 0 aliphatic rings. The van der Waals surface area contributed by atoms with E-state index in [2.05, 4.69) is 34.6 Å². The van der Waals surface area contributed by atoms with Crippen molar-refractivity contribution in [3.8, 4) is 0 Å². The molecule has 0 aromatic carbocycles. The van der Waals surface area contributed by atoms with Crippen LogP contribution in [0.3, 0.4) is 0 Å². The molecule has 0 heterocycles. The van der Waals surface area contributed by atoms with Gasteiger partial charge >= 0.3 is 0 Å². The summed E-state index contributed by atoms with van der Waals surface area (Å²) in [4.78, 5) is 0. The number of unbranched alkanes of at least 4 members (excludes halogenated alkanes) is 4. The van der Waals surface area contributed by atoms with Gasteiger partial charge in [0.1, 0.15) is 0 Å². The molecule has 0 nitrogen and oxygen atoms in total. The quantitative estimate of drug-likeness (QED) is 0.411. The van der Waals surface area contributed by atoms with Crippen LogP contribution < -0.4 is 0 Å². The molecule has 0 aliphatic heterocycles. The van der Waals surface area contributed by atoms with E-state index in [1.807, 2.05) is 0 Å². The topological polar surface area (TPSA) is 0 Å². The van der Waals surface area contributed by atoms with Crippen molar-refractivity contribution >= 4 is 0 Å². The molecule has 0 amide bonds. The van der Waals surface area contributed by atoms with Crippen LogP contribution in [-0.2, 0) is 0 Å². The number of hydrogen-bond donors (Lipinski definition) is 0. The average molecular weight is 226 g/mol. The SMILES string of the molecule is CCCCCC(C)CCCCCC(C)(C)C. The fraction of sp³-hybridized carbons (Fsp3) is 1.00. The molecule has 0 rings (SSSR count). The predicted octanol–water partition coefficient (Wildman–Crippen LogP) is 6.20. The first-order chi connectivity index (χ1) is 7.45. The third kappa shape index (κ3) is 12.1. The Hall–Kier alpha value is 0. The predicted molar refractivity (Wildman–Crippen MR) is 75.8 cm³/mol. The fourth-order valence-corrected chi connectivity index (χ4v) is 2.21. The molecule has 1 unspecified atom stereocenters. The molecule has 0 fully saturated rings. The van der Waals surface area contributed by atoms with Gasteiger partial charge in [-0.1, -0.05) is 86.0 Å². The van der Waals surface area contributed by atoms with Crippen molar-refractivity contribution in [2.24, 2.45) is 11.3 Å². The Morgan fingerprint density at radius 1 is 0.812 bits per heavy atom. The second kappa shape index (κ2) is 9.07. The van der Waals surface area contributed by atoms with E-state index in [0.717, 1.165) is 5.92 Å². The minimum absolute atomic E-state index is 0.534. The van der Waals surface area contributed by atoms with Gasteiger partial charge in [0.15, 0.2) is 0 Å². The van der Waals surface area contributed by atoms with Crippen LogP contribution in [0.15, 0.2) is 0 Å². The van der Waals surface area contributed by atoms with Crippen LogP contribution in [0.2, 0.25) is 0 Å². The highest BCUT2D eigenvalue weighted by atomic mass is 14.1. The van der Waals surface area contributed by atoms with E-state index in [0.29, 0.717) is 5.41 Å². The first-order valence-corrected chi connectivity index (χ1v) is 7.45. The molecule has 1 atom stereocenters. The maximum Gasteiger partial charge on any atom is -0.0383 e. The molecule has 0 radical (unpaired) electrons. The van der Waals surface area contributed by atoms with Gasteiger partial charge in [-0.25, -0.2) is 0 Å². The van der Waals surface area contributed by atoms with E-state index in [1.165, 1.54) is 57.8 Å². The van der Waals surface area contributed by atoms with Crippen molar-refractivity contribution in [3.05, 3.63) is 0 Å². The van der Waals surface area contributed by atoms with E-state index >= 15 is 0 Å². The Morgan fingerprint density at radius 2 is 1.38 bits per heavy atom. The molecule has 0 aliphatic carbocycles. The molecule has 0 aromatic heterocycles. The Labute approximate surface area is 104 Å². The molecule has 0 saturated heterocycles. The minimum atomic E-state index is 0.534. The maximum absolute atomic E-state index is 2.43. The minimum Gasteiger partial charge on any atom is -0.0654 e. The molecule has 16 heavy (non-hydrogen) atoms. The third-order valence-electron chi connectivity index (χ3n) is 3.42. The molecule has 0 saturated carbocycles. The zero-order valence-electron chi connectivity index (χ0n) is 12.4. The lowest BCUT2D eigenvalue weighted by molar-refractivity contribution is 0.350. The van der Waals surface area contributed by atoms with Crippen molar-refractivity contribution in [3.63, 3.8) is 0 Å². The lowest BCUT2D eigenvalue weighted by Crippen LogP contribution is -2.04. The molecular formula is C16H34. The number of hydrogen-bond acceptors (Lipinski definition) is 0. The van der Waals surface area contributed by atoms with Gasteiger partial charge in [0, 0.05) is 0 Å². The van der Waals surface area contributed by atoms with Crippen molar-refractivity contribution in [2.45, 2.75) is 92.4 Å². The van der Waals surface area contributed by atoms with Gasteiger partial charge in [0.2, 0.25) is 0 Å². The van der Waals surface area contributed by atoms with E-state index < -0.39 is 0 Å². The van der Waals surface area contributed by atoms with Crippen LogP contribution in [-0.4, -0.2) is 0 Å². The van der Waals surface area contributed by atoms with Crippen LogP contribution in [0.5, 0.6) is 0 Å². The van der Waals surface area contributed by atoms with Crippen LogP contribution in [0.25, 0.3) is 0 Å². The smallest absolute Gasteiger partial charge is 0.0383 e. The molecule has 0 spiro atoms. The molecule has 0 aromatic rings. The largest absolute Gasteiger partial charge is 0.0654 e. The van der Waals surface area contributed by atoms with Gasteiger partial charge in [0.25, 0.3) is 0 Å². The van der Waals surface area contributed by atoms with Crippen LogP contribution in [0.1, 0.15) is 92.4 Å². The Morgan fingerprint density at radius 3 is 1.88 bits per heavy atom. The van der Waals surface area contributed by atoms with Gasteiger partial charge in [-0.2, -0.15) is 0 Å². The molecule has 98 valence electrons. The van der Waals surface area contributed by atoms with Gasteiger partial charge < -0.3 is 0 Å². The summed E-state index contributed by atoms with van der Waals surface area (Å²) in [6.07, 6.45) is 12.8. The zero-order valence-corrected chi connectivity index (χ0v) is 12.4. The third-order valence-corrected chi connectivity index (χ3v) is 3.42. The van der Waals surface area contributed by atoms with E-state index in [-0.39, 0.29) is 0 Å². The zero-order chi connectivity index (χ0) is 12.4. The monoisotopic (exact) mass is 226 g/mol. The number of rotatable bonds is 9. The van der Waals surface area contributed by atoms with E-state index in [1.54, 1.807) is 0 Å². The highest BCUT2D eigenvalue weighted by Crippen LogP contribution is 2.23. The summed E-state index contributed by atoms with van der Waals surface area (Å²) in [7, 11) is 0. The molecule has 0 heteroatoms. The average Bonchev–Trinajstić information content (AvgIpc) is 2.16. The summed E-state index contributed by atoms with van der Waals surface area (Å²) in [6.45, 7) is 11.8. The highest BCUT2D eigenvalue weighted by Gasteiger charge is 2.09. The summed E-state index contributed by atoms with van der Waals surface area (Å²) in [5.74, 6) is 0.959. The van der Waals surface area contributed by atoms with Gasteiger partial charge in [-0.05, 0) is 17.8 Å². The van der Waals surface area contributed by atoms with Crippen LogP contribution in [0, 0.1) is 11.3 Å². The Bertz CT molecular complexity index is 141. The second-order valence-electron chi connectivity index (χ2n) is 6.76. The van der Waals surface area contributed by atoms with Gasteiger partial charge in [-0.15, -0.1) is 0 Å². The normalized spacial score (nSPS) is 14.1. The lowest BCUT2D eigenvalue weighted by atomic mass is 9.88. The highest BCUT2D eigenvalue weighted by molar-refractivity contribution is 4.61. The van der Waals surface area contributed by atoms with Gasteiger partial charge in [-0.3, -0.25) is 0 Å². The van der Waals surface area contributed by atoms with Crippen molar-refractivity contribution in [1.29, 1.82) is 0 Å². The van der Waals surface area contributed by atoms with Crippen LogP contribution >= 0.6 is 0 Å². The summed E-state index contributed by atoms with van der Waals surface area (Å²) in [5.41, 5.74) is 0.534. The lowest BCUT2D eigenvalue weighted by Gasteiger charge is -2.18. The summed E-state index contributed by atoms with van der Waals surface area (Å²) < 4.78 is 0. The molecular weight excluding hydrogens is 192 g/mol. The van der Waals surface area contributed by atoms with E-state index in [4.69, 9.17) is 0 Å². The summed E-state index contributed by atoms with van der Waals surface area (Å²) in [6, 6.07) is 0. The molecule has 0 bridgehead atoms. The first-order valence-electron chi connectivity index (χ1n) is 7.45. The molecule has 0 N–H and O–H groups in total. The first kappa shape index (κ1) is 16.0. The van der Waals surface area contributed by atoms with Crippen molar-refractivity contribution < 1.29 is 0 Å². The Balaban J connectivity index is 3.24. The Kier molecular flexibility index (Phi) is 9.07. The van der Waals surface area contributed by atoms with Crippen LogP contribution in [0.4, 0.5) is 0 Å². The van der Waals surface area contributed by atoms with Crippen molar-refractivity contribution in [2.75, 3.05) is 0 Å². The van der Waals surface area contributed by atoms with Gasteiger partial charge in [0.05, 0.1) is 0 Å². The summed E-state index contributed by atoms with van der Waals surface area (Å²) in [5, 5.41) is 0. The van der Waals surface area contributed by atoms with Crippen molar-refractivity contribution in [1.82, 2.24) is 0 Å². The second-order valence-corrected chi connectivity index (χ2v) is 6.76. The van der Waals surface area contributed by atoms with E-state index in [9.17, 15) is 0 Å². The standard InChI is InChI=1S/C16H34/c1-6-7-9-12-15(2)13-10-8-11-14-16(3,4)5/h15H,6-14H2,1-5H3.